The Labute approximate surface area is 111 Å². The van der Waals surface area contributed by atoms with Crippen LogP contribution in [0.25, 0.3) is 0 Å². The molecule has 1 N–H and O–H groups in total. The zero-order valence-corrected chi connectivity index (χ0v) is 11.8. The minimum absolute atomic E-state index is 0.742. The quantitative estimate of drug-likeness (QED) is 0.803. The molecule has 100 valence electrons. The molecule has 2 rings (SSSR count). The summed E-state index contributed by atoms with van der Waals surface area (Å²) in [5.74, 6) is 1.91. The molecule has 1 aromatic heterocycles. The molecule has 0 atom stereocenters. The smallest absolute Gasteiger partial charge is 0.128 e. The first-order chi connectivity index (χ1) is 8.70. The highest BCUT2D eigenvalue weighted by atomic mass is 15.2. The van der Waals surface area contributed by atoms with Crippen molar-refractivity contribution in [2.24, 2.45) is 5.92 Å². The van der Waals surface area contributed by atoms with Crippen molar-refractivity contribution < 1.29 is 0 Å². The second-order valence-electron chi connectivity index (χ2n) is 5.66. The Bertz CT molecular complexity index is 355. The maximum Gasteiger partial charge on any atom is 0.128 e. The highest BCUT2D eigenvalue weighted by molar-refractivity contribution is 5.42. The molecule has 0 saturated heterocycles. The maximum atomic E-state index is 4.62. The van der Waals surface area contributed by atoms with E-state index in [1.807, 2.05) is 13.2 Å². The Balaban J connectivity index is 2.00. The summed E-state index contributed by atoms with van der Waals surface area (Å²) in [4.78, 5) is 7.11. The molecule has 0 unspecified atom stereocenters. The number of nitrogens with zero attached hydrogens (tertiary/aromatic N) is 2. The molecule has 1 saturated carbocycles. The molecular weight excluding hydrogens is 222 g/mol. The van der Waals surface area contributed by atoms with Crippen molar-refractivity contribution in [1.29, 1.82) is 0 Å². The Hall–Kier alpha value is -1.09. The van der Waals surface area contributed by atoms with Gasteiger partial charge in [-0.25, -0.2) is 4.98 Å². The number of aromatic nitrogens is 1. The highest BCUT2D eigenvalue weighted by Gasteiger charge is 2.29. The van der Waals surface area contributed by atoms with Crippen LogP contribution in [0.2, 0.25) is 0 Å². The van der Waals surface area contributed by atoms with Crippen LogP contribution < -0.4 is 10.2 Å². The lowest BCUT2D eigenvalue weighted by atomic mass is 10.1. The van der Waals surface area contributed by atoms with E-state index in [0.717, 1.165) is 30.9 Å². The molecule has 1 aliphatic carbocycles. The van der Waals surface area contributed by atoms with E-state index in [4.69, 9.17) is 0 Å². The van der Waals surface area contributed by atoms with E-state index in [1.165, 1.54) is 24.8 Å². The van der Waals surface area contributed by atoms with Crippen molar-refractivity contribution in [3.8, 4) is 0 Å². The summed E-state index contributed by atoms with van der Waals surface area (Å²) in [5, 5.41) is 3.15. The molecule has 1 fully saturated rings. The van der Waals surface area contributed by atoms with Gasteiger partial charge in [0.05, 0.1) is 0 Å². The molecule has 3 heteroatoms. The number of hydrogen-bond donors (Lipinski definition) is 1. The summed E-state index contributed by atoms with van der Waals surface area (Å²) < 4.78 is 0. The molecule has 0 aliphatic heterocycles. The van der Waals surface area contributed by atoms with Crippen molar-refractivity contribution in [2.45, 2.75) is 45.7 Å². The zero-order valence-electron chi connectivity index (χ0n) is 11.8. The van der Waals surface area contributed by atoms with Crippen LogP contribution in [0.3, 0.4) is 0 Å². The molecule has 18 heavy (non-hydrogen) atoms. The fraction of sp³-hybridized carbons (Fsp3) is 0.667. The molecule has 1 aromatic rings. The molecule has 0 bridgehead atoms. The highest BCUT2D eigenvalue weighted by Crippen LogP contribution is 2.31. The topological polar surface area (TPSA) is 28.2 Å². The van der Waals surface area contributed by atoms with E-state index in [2.05, 4.69) is 41.2 Å². The van der Waals surface area contributed by atoms with Gasteiger partial charge in [0.15, 0.2) is 0 Å². The summed E-state index contributed by atoms with van der Waals surface area (Å²) in [5.41, 5.74) is 1.25. The lowest BCUT2D eigenvalue weighted by molar-refractivity contribution is 0.568. The molecule has 0 spiro atoms. The number of anilines is 1. The monoisotopic (exact) mass is 247 g/mol. The van der Waals surface area contributed by atoms with Gasteiger partial charge in [-0.05, 0) is 43.9 Å². The molecular formula is C15H25N3. The van der Waals surface area contributed by atoms with Gasteiger partial charge in [-0.2, -0.15) is 0 Å². The minimum Gasteiger partial charge on any atom is -0.354 e. The Morgan fingerprint density at radius 2 is 2.17 bits per heavy atom. The standard InChI is InChI=1S/C15H25N3/c1-12(2)8-9-18(14-5-6-14)15-7-4-13(10-16-3)11-17-15/h4,7,11-12,14,16H,5-6,8-10H2,1-3H3. The molecule has 1 aliphatic rings. The van der Waals surface area contributed by atoms with Crippen LogP contribution in [0.4, 0.5) is 5.82 Å². The van der Waals surface area contributed by atoms with Crippen LogP contribution in [-0.2, 0) is 6.54 Å². The van der Waals surface area contributed by atoms with Crippen LogP contribution in [0.1, 0.15) is 38.7 Å². The fourth-order valence-electron chi connectivity index (χ4n) is 2.16. The third kappa shape index (κ3) is 3.70. The van der Waals surface area contributed by atoms with E-state index in [-0.39, 0.29) is 0 Å². The van der Waals surface area contributed by atoms with Gasteiger partial charge in [0.2, 0.25) is 0 Å². The summed E-state index contributed by atoms with van der Waals surface area (Å²) in [6.45, 7) is 6.60. The van der Waals surface area contributed by atoms with Gasteiger partial charge in [0.1, 0.15) is 5.82 Å². The van der Waals surface area contributed by atoms with E-state index >= 15 is 0 Å². The van der Waals surface area contributed by atoms with Gasteiger partial charge in [0.25, 0.3) is 0 Å². The van der Waals surface area contributed by atoms with Gasteiger partial charge in [-0.3, -0.25) is 0 Å². The summed E-state index contributed by atoms with van der Waals surface area (Å²) >= 11 is 0. The SMILES string of the molecule is CNCc1ccc(N(CCC(C)C)C2CC2)nc1. The largest absolute Gasteiger partial charge is 0.354 e. The number of hydrogen-bond acceptors (Lipinski definition) is 3. The predicted molar refractivity (Wildman–Crippen MR) is 76.8 cm³/mol. The van der Waals surface area contributed by atoms with E-state index in [9.17, 15) is 0 Å². The van der Waals surface area contributed by atoms with Crippen molar-refractivity contribution in [2.75, 3.05) is 18.5 Å². The van der Waals surface area contributed by atoms with E-state index < -0.39 is 0 Å². The lowest BCUT2D eigenvalue weighted by Crippen LogP contribution is -2.28. The molecule has 0 radical (unpaired) electrons. The first-order valence-corrected chi connectivity index (χ1v) is 7.07. The van der Waals surface area contributed by atoms with Gasteiger partial charge in [-0.1, -0.05) is 19.9 Å². The molecule has 1 heterocycles. The van der Waals surface area contributed by atoms with Crippen LogP contribution in [0, 0.1) is 5.92 Å². The van der Waals surface area contributed by atoms with Gasteiger partial charge in [0, 0.05) is 25.3 Å². The number of rotatable bonds is 7. The van der Waals surface area contributed by atoms with Crippen molar-refractivity contribution in [1.82, 2.24) is 10.3 Å². The van der Waals surface area contributed by atoms with Gasteiger partial charge >= 0.3 is 0 Å². The Morgan fingerprint density at radius 1 is 1.39 bits per heavy atom. The van der Waals surface area contributed by atoms with Crippen LogP contribution in [-0.4, -0.2) is 24.6 Å². The number of nitrogens with one attached hydrogen (secondary N) is 1. The van der Waals surface area contributed by atoms with Crippen LogP contribution in [0.15, 0.2) is 18.3 Å². The first kappa shape index (κ1) is 13.3. The third-order valence-corrected chi connectivity index (χ3v) is 3.42. The van der Waals surface area contributed by atoms with Crippen LogP contribution >= 0.6 is 0 Å². The maximum absolute atomic E-state index is 4.62. The Morgan fingerprint density at radius 3 is 2.67 bits per heavy atom. The van der Waals surface area contributed by atoms with Gasteiger partial charge < -0.3 is 10.2 Å². The zero-order chi connectivity index (χ0) is 13.0. The van der Waals surface area contributed by atoms with Crippen molar-refractivity contribution in [3.05, 3.63) is 23.9 Å². The van der Waals surface area contributed by atoms with E-state index in [0.29, 0.717) is 0 Å². The van der Waals surface area contributed by atoms with Crippen molar-refractivity contribution >= 4 is 5.82 Å². The second kappa shape index (κ2) is 6.19. The van der Waals surface area contributed by atoms with Gasteiger partial charge in [-0.15, -0.1) is 0 Å². The average molecular weight is 247 g/mol. The normalized spacial score (nSPS) is 15.1. The predicted octanol–water partition coefficient (Wildman–Crippen LogP) is 2.82. The molecule has 0 aromatic carbocycles. The minimum atomic E-state index is 0.742. The van der Waals surface area contributed by atoms with Crippen molar-refractivity contribution in [3.63, 3.8) is 0 Å². The molecule has 3 nitrogen and oxygen atoms in total. The second-order valence-corrected chi connectivity index (χ2v) is 5.66. The number of pyridine rings is 1. The summed E-state index contributed by atoms with van der Waals surface area (Å²) in [6, 6.07) is 5.10. The first-order valence-electron chi connectivity index (χ1n) is 7.07. The average Bonchev–Trinajstić information content (AvgIpc) is 3.16. The van der Waals surface area contributed by atoms with E-state index in [1.54, 1.807) is 0 Å². The summed E-state index contributed by atoms with van der Waals surface area (Å²) in [6.07, 6.45) is 5.91. The third-order valence-electron chi connectivity index (χ3n) is 3.42. The summed E-state index contributed by atoms with van der Waals surface area (Å²) in [7, 11) is 1.97. The lowest BCUT2D eigenvalue weighted by Gasteiger charge is -2.24. The fourth-order valence-corrected chi connectivity index (χ4v) is 2.16. The Kier molecular flexibility index (Phi) is 4.59. The molecule has 0 amide bonds. The van der Waals surface area contributed by atoms with Crippen LogP contribution in [0.5, 0.6) is 0 Å².